The number of carbonyl (C=O) groups is 2. The van der Waals surface area contributed by atoms with E-state index in [4.69, 9.17) is 9.57 Å². The number of carbonyl (C=O) groups excluding carboxylic acids is 2. The standard InChI is InChI=1S/C50H100N2O4/c1-7-11-15-19-21-23-25-31-39-48(52(49(53)41-34-35-44-51(5)6)56-45-36-28-24-22-20-16-12-8-2)40-32-26-27-33-42-50(54)55-46-43-47(37-29-17-13-9-3)38-30-18-14-10-4/h47-48H,7-46H2,1-6H3. The van der Waals surface area contributed by atoms with Crippen molar-refractivity contribution in [3.63, 3.8) is 0 Å². The van der Waals surface area contributed by atoms with Crippen LogP contribution in [0.25, 0.3) is 0 Å². The van der Waals surface area contributed by atoms with Crippen LogP contribution in [-0.4, -0.2) is 61.7 Å². The van der Waals surface area contributed by atoms with Crippen LogP contribution in [0, 0.1) is 5.92 Å². The monoisotopic (exact) mass is 793 g/mol. The predicted octanol–water partition coefficient (Wildman–Crippen LogP) is 15.3. The normalized spacial score (nSPS) is 12.2. The lowest BCUT2D eigenvalue weighted by Gasteiger charge is -2.31. The molecule has 6 nitrogen and oxygen atoms in total. The molecule has 0 aliphatic heterocycles. The number of hydrogen-bond donors (Lipinski definition) is 0. The molecule has 1 atom stereocenters. The lowest BCUT2D eigenvalue weighted by Crippen LogP contribution is -2.40. The molecule has 0 saturated carbocycles. The van der Waals surface area contributed by atoms with Crippen LogP contribution in [0.1, 0.15) is 265 Å². The predicted molar refractivity (Wildman–Crippen MR) is 243 cm³/mol. The van der Waals surface area contributed by atoms with Crippen LogP contribution in [0.3, 0.4) is 0 Å². The SMILES string of the molecule is CCCCCCCCCCON(C(=O)CCCCN(C)C)C(CCCCCCCCCC)CCCCCCC(=O)OCCC(CCCCCC)CCCCCC. The Morgan fingerprint density at radius 2 is 0.839 bits per heavy atom. The van der Waals surface area contributed by atoms with Crippen LogP contribution in [0.4, 0.5) is 0 Å². The highest BCUT2D eigenvalue weighted by atomic mass is 16.7. The van der Waals surface area contributed by atoms with Crippen LogP contribution < -0.4 is 0 Å². The highest BCUT2D eigenvalue weighted by Gasteiger charge is 2.24. The van der Waals surface area contributed by atoms with Gasteiger partial charge < -0.3 is 9.64 Å². The molecule has 0 aliphatic rings. The van der Waals surface area contributed by atoms with E-state index in [9.17, 15) is 9.59 Å². The average Bonchev–Trinajstić information content (AvgIpc) is 3.18. The van der Waals surface area contributed by atoms with Gasteiger partial charge in [0.05, 0.1) is 19.3 Å². The van der Waals surface area contributed by atoms with Gasteiger partial charge in [-0.15, -0.1) is 0 Å². The van der Waals surface area contributed by atoms with Crippen LogP contribution in [0.15, 0.2) is 0 Å². The molecule has 0 aromatic heterocycles. The lowest BCUT2D eigenvalue weighted by molar-refractivity contribution is -0.203. The van der Waals surface area contributed by atoms with Crippen molar-refractivity contribution in [3.8, 4) is 0 Å². The van der Waals surface area contributed by atoms with Gasteiger partial charge in [0.15, 0.2) is 0 Å². The summed E-state index contributed by atoms with van der Waals surface area (Å²) < 4.78 is 5.76. The number of hydrogen-bond acceptors (Lipinski definition) is 5. The van der Waals surface area contributed by atoms with Crippen molar-refractivity contribution in [2.45, 2.75) is 271 Å². The molecule has 6 heteroatoms. The molecule has 0 fully saturated rings. The topological polar surface area (TPSA) is 59.1 Å². The number of ether oxygens (including phenoxy) is 1. The fourth-order valence-corrected chi connectivity index (χ4v) is 8.05. The molecule has 0 aromatic carbocycles. The third kappa shape index (κ3) is 37.2. The molecule has 334 valence electrons. The number of amides is 1. The van der Waals surface area contributed by atoms with Crippen molar-refractivity contribution in [2.24, 2.45) is 5.92 Å². The first kappa shape index (κ1) is 54.9. The molecule has 1 unspecified atom stereocenters. The fraction of sp³-hybridized carbons (Fsp3) is 0.960. The molecule has 0 rings (SSSR count). The number of nitrogens with zero attached hydrogens (tertiary/aromatic N) is 2. The van der Waals surface area contributed by atoms with E-state index in [-0.39, 0.29) is 17.9 Å². The maximum absolute atomic E-state index is 13.8. The van der Waals surface area contributed by atoms with Gasteiger partial charge in [-0.1, -0.05) is 207 Å². The maximum Gasteiger partial charge on any atom is 0.305 e. The summed E-state index contributed by atoms with van der Waals surface area (Å²) in [6, 6.07) is 0.146. The third-order valence-electron chi connectivity index (χ3n) is 11.8. The van der Waals surface area contributed by atoms with Crippen molar-refractivity contribution in [3.05, 3.63) is 0 Å². The zero-order chi connectivity index (χ0) is 41.2. The summed E-state index contributed by atoms with van der Waals surface area (Å²) in [6.07, 6.45) is 43.7. The minimum atomic E-state index is -0.0197. The van der Waals surface area contributed by atoms with Gasteiger partial charge in [0.1, 0.15) is 0 Å². The number of esters is 1. The van der Waals surface area contributed by atoms with Gasteiger partial charge in [-0.2, -0.15) is 0 Å². The highest BCUT2D eigenvalue weighted by molar-refractivity contribution is 5.75. The van der Waals surface area contributed by atoms with E-state index >= 15 is 0 Å². The van der Waals surface area contributed by atoms with Crippen molar-refractivity contribution >= 4 is 11.9 Å². The second-order valence-electron chi connectivity index (χ2n) is 17.7. The first-order valence-electron chi connectivity index (χ1n) is 25.1. The van der Waals surface area contributed by atoms with Gasteiger partial charge in [0, 0.05) is 12.8 Å². The first-order valence-corrected chi connectivity index (χ1v) is 25.1. The summed E-state index contributed by atoms with van der Waals surface area (Å²) in [5.74, 6) is 0.859. The van der Waals surface area contributed by atoms with Gasteiger partial charge in [0.25, 0.3) is 0 Å². The second kappa shape index (κ2) is 43.4. The van der Waals surface area contributed by atoms with Crippen molar-refractivity contribution < 1.29 is 19.2 Å². The zero-order valence-electron chi connectivity index (χ0n) is 39.0. The molecule has 0 bridgehead atoms. The summed E-state index contributed by atoms with van der Waals surface area (Å²) in [7, 11) is 4.21. The van der Waals surface area contributed by atoms with Crippen LogP contribution in [-0.2, 0) is 19.2 Å². The average molecular weight is 793 g/mol. The number of unbranched alkanes of at least 4 members (excludes halogenated alkanes) is 24. The summed E-state index contributed by atoms with van der Waals surface area (Å²) >= 11 is 0. The molecule has 1 amide bonds. The van der Waals surface area contributed by atoms with E-state index in [1.54, 1.807) is 0 Å². The Kier molecular flexibility index (Phi) is 42.6. The fourth-order valence-electron chi connectivity index (χ4n) is 8.05. The molecular formula is C50H100N2O4. The van der Waals surface area contributed by atoms with Gasteiger partial charge in [-0.25, -0.2) is 5.06 Å². The van der Waals surface area contributed by atoms with Crippen molar-refractivity contribution in [1.29, 1.82) is 0 Å². The molecule has 0 aromatic rings. The molecule has 0 aliphatic carbocycles. The Morgan fingerprint density at radius 3 is 1.34 bits per heavy atom. The first-order chi connectivity index (χ1) is 27.4. The van der Waals surface area contributed by atoms with E-state index in [0.717, 1.165) is 77.2 Å². The summed E-state index contributed by atoms with van der Waals surface area (Å²) in [5.41, 5.74) is 0. The van der Waals surface area contributed by atoms with Gasteiger partial charge >= 0.3 is 5.97 Å². The van der Waals surface area contributed by atoms with Gasteiger partial charge in [-0.05, 0) is 71.5 Å². The van der Waals surface area contributed by atoms with E-state index in [0.29, 0.717) is 32.0 Å². The maximum atomic E-state index is 13.8. The molecular weight excluding hydrogens is 693 g/mol. The van der Waals surface area contributed by atoms with Gasteiger partial charge in [-0.3, -0.25) is 14.4 Å². The van der Waals surface area contributed by atoms with E-state index in [2.05, 4.69) is 46.7 Å². The Bertz CT molecular complexity index is 809. The van der Waals surface area contributed by atoms with Gasteiger partial charge in [0.2, 0.25) is 5.91 Å². The van der Waals surface area contributed by atoms with Crippen molar-refractivity contribution in [2.75, 3.05) is 33.9 Å². The Morgan fingerprint density at radius 1 is 0.429 bits per heavy atom. The van der Waals surface area contributed by atoms with Crippen molar-refractivity contribution in [1.82, 2.24) is 9.96 Å². The Balaban J connectivity index is 5.02. The molecule has 0 N–H and O–H groups in total. The quantitative estimate of drug-likeness (QED) is 0.0349. The molecule has 56 heavy (non-hydrogen) atoms. The molecule has 0 radical (unpaired) electrons. The molecule has 0 spiro atoms. The van der Waals surface area contributed by atoms with Crippen LogP contribution in [0.2, 0.25) is 0 Å². The number of rotatable bonds is 45. The summed E-state index contributed by atoms with van der Waals surface area (Å²) in [6.45, 7) is 11.4. The lowest BCUT2D eigenvalue weighted by atomic mass is 9.92. The van der Waals surface area contributed by atoms with E-state index in [1.807, 2.05) is 5.06 Å². The molecule has 0 saturated heterocycles. The van der Waals surface area contributed by atoms with E-state index in [1.165, 1.54) is 154 Å². The minimum absolute atomic E-state index is 0.0197. The summed E-state index contributed by atoms with van der Waals surface area (Å²) in [5, 5.41) is 1.86. The summed E-state index contributed by atoms with van der Waals surface area (Å²) in [4.78, 5) is 35.1. The second-order valence-corrected chi connectivity index (χ2v) is 17.7. The molecule has 0 heterocycles. The number of hydroxylamine groups is 2. The zero-order valence-corrected chi connectivity index (χ0v) is 39.0. The highest BCUT2D eigenvalue weighted by Crippen LogP contribution is 2.23. The Labute approximate surface area is 351 Å². The van der Waals surface area contributed by atoms with E-state index < -0.39 is 0 Å². The smallest absolute Gasteiger partial charge is 0.305 e. The van der Waals surface area contributed by atoms with Crippen LogP contribution >= 0.6 is 0 Å². The third-order valence-corrected chi connectivity index (χ3v) is 11.8. The Hall–Kier alpha value is -1.14. The minimum Gasteiger partial charge on any atom is -0.466 e. The van der Waals surface area contributed by atoms with Crippen LogP contribution in [0.5, 0.6) is 0 Å². The largest absolute Gasteiger partial charge is 0.466 e.